The Hall–Kier alpha value is -0.0800. The topological polar surface area (TPSA) is 15.3 Å². The Bertz CT molecular complexity index is 199. The van der Waals surface area contributed by atoms with Gasteiger partial charge in [0.2, 0.25) is 0 Å². The van der Waals surface area contributed by atoms with Gasteiger partial charge >= 0.3 is 0 Å². The van der Waals surface area contributed by atoms with Gasteiger partial charge in [-0.2, -0.15) is 0 Å². The number of nitrogens with zero attached hydrogens (tertiary/aromatic N) is 1. The number of piperidine rings is 1. The van der Waals surface area contributed by atoms with Crippen molar-refractivity contribution in [3.63, 3.8) is 0 Å². The molecule has 2 unspecified atom stereocenters. The zero-order chi connectivity index (χ0) is 11.9. The minimum atomic E-state index is 0.835. The van der Waals surface area contributed by atoms with Crippen LogP contribution in [0.1, 0.15) is 58.3 Å². The second-order valence-electron chi connectivity index (χ2n) is 5.92. The fourth-order valence-electron chi connectivity index (χ4n) is 3.57. The smallest absolute Gasteiger partial charge is 0.00952 e. The van der Waals surface area contributed by atoms with Gasteiger partial charge < -0.3 is 10.2 Å². The molecule has 1 aliphatic heterocycles. The molecule has 2 atom stereocenters. The lowest BCUT2D eigenvalue weighted by atomic mass is 10.0. The van der Waals surface area contributed by atoms with E-state index in [0.29, 0.717) is 0 Å². The standard InChI is InChI=1S/C15H30N2/c1-2-14-8-6-9-15(14)16-10-7-13-17-11-4-3-5-12-17/h14-16H,2-13H2,1H3. The largest absolute Gasteiger partial charge is 0.314 e. The van der Waals surface area contributed by atoms with E-state index in [4.69, 9.17) is 0 Å². The van der Waals surface area contributed by atoms with E-state index in [9.17, 15) is 0 Å². The third-order valence-electron chi connectivity index (χ3n) is 4.69. The summed E-state index contributed by atoms with van der Waals surface area (Å²) >= 11 is 0. The SMILES string of the molecule is CCC1CCCC1NCCCN1CCCCC1. The molecule has 1 N–H and O–H groups in total. The van der Waals surface area contributed by atoms with E-state index in [1.807, 2.05) is 0 Å². The Morgan fingerprint density at radius 3 is 2.65 bits per heavy atom. The minimum absolute atomic E-state index is 0.835. The second-order valence-corrected chi connectivity index (χ2v) is 5.92. The molecule has 2 nitrogen and oxygen atoms in total. The van der Waals surface area contributed by atoms with Crippen LogP contribution in [-0.4, -0.2) is 37.1 Å². The van der Waals surface area contributed by atoms with E-state index in [0.717, 1.165) is 12.0 Å². The van der Waals surface area contributed by atoms with Crippen LogP contribution >= 0.6 is 0 Å². The summed E-state index contributed by atoms with van der Waals surface area (Å²) in [6.45, 7) is 7.59. The third kappa shape index (κ3) is 4.26. The molecule has 2 rings (SSSR count). The van der Waals surface area contributed by atoms with Gasteiger partial charge in [0.25, 0.3) is 0 Å². The Labute approximate surface area is 107 Å². The number of nitrogens with one attached hydrogen (secondary N) is 1. The van der Waals surface area contributed by atoms with Gasteiger partial charge in [0.15, 0.2) is 0 Å². The van der Waals surface area contributed by atoms with Crippen molar-refractivity contribution >= 4 is 0 Å². The molecule has 0 aromatic heterocycles. The quantitative estimate of drug-likeness (QED) is 0.716. The summed E-state index contributed by atoms with van der Waals surface area (Å²) in [6, 6.07) is 0.835. The zero-order valence-corrected chi connectivity index (χ0v) is 11.6. The van der Waals surface area contributed by atoms with Crippen molar-refractivity contribution in [2.24, 2.45) is 5.92 Å². The predicted octanol–water partition coefficient (Wildman–Crippen LogP) is 3.03. The number of hydrogen-bond acceptors (Lipinski definition) is 2. The van der Waals surface area contributed by atoms with Gasteiger partial charge in [-0.25, -0.2) is 0 Å². The minimum Gasteiger partial charge on any atom is -0.314 e. The fourth-order valence-corrected chi connectivity index (χ4v) is 3.57. The highest BCUT2D eigenvalue weighted by molar-refractivity contribution is 4.82. The molecule has 0 spiro atoms. The summed E-state index contributed by atoms with van der Waals surface area (Å²) in [5, 5.41) is 3.80. The Balaban J connectivity index is 1.53. The first kappa shape index (κ1) is 13.4. The van der Waals surface area contributed by atoms with Crippen LogP contribution in [0.15, 0.2) is 0 Å². The van der Waals surface area contributed by atoms with E-state index >= 15 is 0 Å². The summed E-state index contributed by atoms with van der Waals surface area (Å²) in [5.41, 5.74) is 0. The molecule has 100 valence electrons. The maximum Gasteiger partial charge on any atom is 0.00952 e. The van der Waals surface area contributed by atoms with Crippen LogP contribution < -0.4 is 5.32 Å². The lowest BCUT2D eigenvalue weighted by Gasteiger charge is -2.27. The van der Waals surface area contributed by atoms with Crippen LogP contribution in [0.5, 0.6) is 0 Å². The number of rotatable bonds is 6. The summed E-state index contributed by atoms with van der Waals surface area (Å²) in [5.74, 6) is 0.963. The van der Waals surface area contributed by atoms with E-state index in [-0.39, 0.29) is 0 Å². The van der Waals surface area contributed by atoms with Gasteiger partial charge in [-0.3, -0.25) is 0 Å². The van der Waals surface area contributed by atoms with Crippen LogP contribution in [-0.2, 0) is 0 Å². The Morgan fingerprint density at radius 1 is 1.06 bits per heavy atom. The summed E-state index contributed by atoms with van der Waals surface area (Å²) < 4.78 is 0. The second kappa shape index (κ2) is 7.38. The molecule has 0 aromatic carbocycles. The molecule has 1 saturated carbocycles. The molecule has 0 bridgehead atoms. The van der Waals surface area contributed by atoms with Crippen molar-refractivity contribution in [1.29, 1.82) is 0 Å². The summed E-state index contributed by atoms with van der Waals surface area (Å²) in [6.07, 6.45) is 11.3. The highest BCUT2D eigenvalue weighted by atomic mass is 15.1. The van der Waals surface area contributed by atoms with Crippen LogP contribution in [0.3, 0.4) is 0 Å². The normalized spacial score (nSPS) is 30.9. The molecule has 17 heavy (non-hydrogen) atoms. The average Bonchev–Trinajstić information content (AvgIpc) is 2.83. The van der Waals surface area contributed by atoms with Gasteiger partial charge in [0.1, 0.15) is 0 Å². The van der Waals surface area contributed by atoms with Crippen LogP contribution in [0.25, 0.3) is 0 Å². The fraction of sp³-hybridized carbons (Fsp3) is 1.00. The van der Waals surface area contributed by atoms with Gasteiger partial charge in [0, 0.05) is 6.04 Å². The maximum absolute atomic E-state index is 3.80. The van der Waals surface area contributed by atoms with E-state index in [1.165, 1.54) is 77.5 Å². The molecule has 2 heteroatoms. The molecule has 0 amide bonds. The van der Waals surface area contributed by atoms with Crippen molar-refractivity contribution in [1.82, 2.24) is 10.2 Å². The molecular weight excluding hydrogens is 208 g/mol. The maximum atomic E-state index is 3.80. The lowest BCUT2D eigenvalue weighted by molar-refractivity contribution is 0.223. The molecule has 2 fully saturated rings. The zero-order valence-electron chi connectivity index (χ0n) is 11.6. The van der Waals surface area contributed by atoms with E-state index in [1.54, 1.807) is 0 Å². The van der Waals surface area contributed by atoms with Gasteiger partial charge in [0.05, 0.1) is 0 Å². The molecular formula is C15H30N2. The van der Waals surface area contributed by atoms with Crippen molar-refractivity contribution in [2.75, 3.05) is 26.2 Å². The number of hydrogen-bond donors (Lipinski definition) is 1. The highest BCUT2D eigenvalue weighted by Crippen LogP contribution is 2.27. The Kier molecular flexibility index (Phi) is 5.79. The molecule has 1 saturated heterocycles. The first-order valence-corrected chi connectivity index (χ1v) is 7.86. The van der Waals surface area contributed by atoms with Crippen molar-refractivity contribution in [2.45, 2.75) is 64.3 Å². The van der Waals surface area contributed by atoms with Gasteiger partial charge in [-0.15, -0.1) is 0 Å². The van der Waals surface area contributed by atoms with Gasteiger partial charge in [-0.1, -0.05) is 26.2 Å². The lowest BCUT2D eigenvalue weighted by Crippen LogP contribution is -2.36. The van der Waals surface area contributed by atoms with Crippen molar-refractivity contribution in [3.8, 4) is 0 Å². The summed E-state index contributed by atoms with van der Waals surface area (Å²) in [7, 11) is 0. The van der Waals surface area contributed by atoms with Gasteiger partial charge in [-0.05, 0) is 64.2 Å². The highest BCUT2D eigenvalue weighted by Gasteiger charge is 2.24. The van der Waals surface area contributed by atoms with Crippen LogP contribution in [0.2, 0.25) is 0 Å². The first-order chi connectivity index (χ1) is 8.40. The monoisotopic (exact) mass is 238 g/mol. The summed E-state index contributed by atoms with van der Waals surface area (Å²) in [4.78, 5) is 2.65. The molecule has 2 aliphatic rings. The molecule has 0 radical (unpaired) electrons. The Morgan fingerprint density at radius 2 is 1.88 bits per heavy atom. The first-order valence-electron chi connectivity index (χ1n) is 7.86. The molecule has 0 aromatic rings. The molecule has 1 heterocycles. The predicted molar refractivity (Wildman–Crippen MR) is 74.3 cm³/mol. The van der Waals surface area contributed by atoms with Crippen molar-refractivity contribution < 1.29 is 0 Å². The van der Waals surface area contributed by atoms with E-state index in [2.05, 4.69) is 17.1 Å². The van der Waals surface area contributed by atoms with Crippen molar-refractivity contribution in [3.05, 3.63) is 0 Å². The average molecular weight is 238 g/mol. The van der Waals surface area contributed by atoms with Crippen LogP contribution in [0, 0.1) is 5.92 Å². The van der Waals surface area contributed by atoms with E-state index < -0.39 is 0 Å². The molecule has 1 aliphatic carbocycles. The van der Waals surface area contributed by atoms with Crippen LogP contribution in [0.4, 0.5) is 0 Å². The third-order valence-corrected chi connectivity index (χ3v) is 4.69. The number of likely N-dealkylation sites (tertiary alicyclic amines) is 1.